The van der Waals surface area contributed by atoms with Crippen molar-refractivity contribution in [3.05, 3.63) is 54.1 Å². The molecule has 2 aromatic carbocycles. The minimum atomic E-state index is -0.603. The van der Waals surface area contributed by atoms with E-state index in [1.807, 2.05) is 12.1 Å². The van der Waals surface area contributed by atoms with Gasteiger partial charge in [0.05, 0.1) is 7.11 Å². The molecular weight excluding hydrogens is 426 g/mol. The van der Waals surface area contributed by atoms with E-state index in [0.29, 0.717) is 17.2 Å². The lowest BCUT2D eigenvalue weighted by Gasteiger charge is -2.19. The third-order valence-corrected chi connectivity index (χ3v) is 4.22. The molecule has 178 valence electrons. The fourth-order valence-corrected chi connectivity index (χ4v) is 2.73. The van der Waals surface area contributed by atoms with Gasteiger partial charge >= 0.3 is 6.09 Å². The summed E-state index contributed by atoms with van der Waals surface area (Å²) in [6.45, 7) is 5.46. The highest BCUT2D eigenvalue weighted by atomic mass is 16.6. The van der Waals surface area contributed by atoms with Crippen molar-refractivity contribution in [2.45, 2.75) is 39.3 Å². The molecule has 0 saturated carbocycles. The molecule has 2 aromatic rings. The highest BCUT2D eigenvalue weighted by Gasteiger charge is 2.16. The second-order valence-corrected chi connectivity index (χ2v) is 8.10. The van der Waals surface area contributed by atoms with Crippen molar-refractivity contribution < 1.29 is 28.6 Å². The van der Waals surface area contributed by atoms with Gasteiger partial charge in [-0.25, -0.2) is 4.79 Å². The highest BCUT2D eigenvalue weighted by molar-refractivity contribution is 5.92. The molecular formula is C24H31N3O6. The maximum Gasteiger partial charge on any atom is 0.407 e. The van der Waals surface area contributed by atoms with Gasteiger partial charge in [-0.1, -0.05) is 30.3 Å². The van der Waals surface area contributed by atoms with E-state index in [-0.39, 0.29) is 37.9 Å². The van der Waals surface area contributed by atoms with Crippen molar-refractivity contribution in [1.82, 2.24) is 10.6 Å². The van der Waals surface area contributed by atoms with E-state index in [0.717, 1.165) is 5.56 Å². The first-order valence-electron chi connectivity index (χ1n) is 10.5. The number of anilines is 1. The van der Waals surface area contributed by atoms with Crippen molar-refractivity contribution in [3.63, 3.8) is 0 Å². The maximum atomic E-state index is 12.3. The van der Waals surface area contributed by atoms with Crippen LogP contribution in [0, 0.1) is 0 Å². The summed E-state index contributed by atoms with van der Waals surface area (Å²) in [6.07, 6.45) is -0.499. The summed E-state index contributed by atoms with van der Waals surface area (Å²) >= 11 is 0. The Kier molecular flexibility index (Phi) is 9.53. The van der Waals surface area contributed by atoms with Crippen LogP contribution in [0.5, 0.6) is 11.5 Å². The third kappa shape index (κ3) is 9.51. The SMILES string of the molecule is COc1ccccc1OCC(=O)NCc1ccccc1NC(=O)CCNC(=O)OC(C)(C)C. The second kappa shape index (κ2) is 12.3. The van der Waals surface area contributed by atoms with Crippen molar-refractivity contribution in [1.29, 1.82) is 0 Å². The number of alkyl carbamates (subject to hydrolysis) is 1. The molecule has 0 saturated heterocycles. The molecule has 0 spiro atoms. The minimum absolute atomic E-state index is 0.0761. The first-order chi connectivity index (χ1) is 15.7. The first kappa shape index (κ1) is 25.5. The molecule has 0 aliphatic carbocycles. The fourth-order valence-electron chi connectivity index (χ4n) is 2.73. The smallest absolute Gasteiger partial charge is 0.407 e. The van der Waals surface area contributed by atoms with Crippen molar-refractivity contribution in [2.24, 2.45) is 0 Å². The zero-order valence-electron chi connectivity index (χ0n) is 19.4. The van der Waals surface area contributed by atoms with Gasteiger partial charge in [0.1, 0.15) is 5.60 Å². The quantitative estimate of drug-likeness (QED) is 0.505. The van der Waals surface area contributed by atoms with Crippen molar-refractivity contribution >= 4 is 23.6 Å². The lowest BCUT2D eigenvalue weighted by atomic mass is 10.1. The zero-order chi connectivity index (χ0) is 24.3. The van der Waals surface area contributed by atoms with Crippen molar-refractivity contribution in [2.75, 3.05) is 25.6 Å². The van der Waals surface area contributed by atoms with Gasteiger partial charge < -0.3 is 30.2 Å². The van der Waals surface area contributed by atoms with Gasteiger partial charge in [-0.15, -0.1) is 0 Å². The van der Waals surface area contributed by atoms with Crippen LogP contribution in [-0.2, 0) is 20.9 Å². The van der Waals surface area contributed by atoms with Gasteiger partial charge in [0.2, 0.25) is 5.91 Å². The molecule has 0 aliphatic heterocycles. The predicted molar refractivity (Wildman–Crippen MR) is 124 cm³/mol. The molecule has 0 heterocycles. The molecule has 3 N–H and O–H groups in total. The number of rotatable bonds is 10. The summed E-state index contributed by atoms with van der Waals surface area (Å²) in [5, 5.41) is 8.11. The number of benzene rings is 2. The Labute approximate surface area is 193 Å². The molecule has 0 radical (unpaired) electrons. The number of nitrogens with one attached hydrogen (secondary N) is 3. The molecule has 33 heavy (non-hydrogen) atoms. The second-order valence-electron chi connectivity index (χ2n) is 8.10. The van der Waals surface area contributed by atoms with Crippen LogP contribution < -0.4 is 25.4 Å². The standard InChI is InChI=1S/C24H31N3O6/c1-24(2,3)33-23(30)25-14-13-21(28)27-18-10-6-5-9-17(18)15-26-22(29)16-32-20-12-8-7-11-19(20)31-4/h5-12H,13-16H2,1-4H3,(H,25,30)(H,26,29)(H,27,28). The van der Waals surface area contributed by atoms with Gasteiger partial charge in [-0.3, -0.25) is 9.59 Å². The molecule has 3 amide bonds. The molecule has 0 atom stereocenters. The maximum absolute atomic E-state index is 12.3. The highest BCUT2D eigenvalue weighted by Crippen LogP contribution is 2.25. The summed E-state index contributed by atoms with van der Waals surface area (Å²) in [4.78, 5) is 36.1. The number of carbonyl (C=O) groups excluding carboxylic acids is 3. The van der Waals surface area contributed by atoms with E-state index in [1.165, 1.54) is 7.11 Å². The van der Waals surface area contributed by atoms with Gasteiger partial charge in [0, 0.05) is 25.2 Å². The van der Waals surface area contributed by atoms with Crippen LogP contribution in [0.3, 0.4) is 0 Å². The summed E-state index contributed by atoms with van der Waals surface area (Å²) < 4.78 is 15.8. The molecule has 9 nitrogen and oxygen atoms in total. The van der Waals surface area contributed by atoms with Crippen LogP contribution in [0.2, 0.25) is 0 Å². The Morgan fingerprint density at radius 3 is 2.24 bits per heavy atom. The fraction of sp³-hybridized carbons (Fsp3) is 0.375. The Morgan fingerprint density at radius 1 is 0.879 bits per heavy atom. The van der Waals surface area contributed by atoms with Crippen LogP contribution in [0.4, 0.5) is 10.5 Å². The summed E-state index contributed by atoms with van der Waals surface area (Å²) in [6, 6.07) is 14.2. The van der Waals surface area contributed by atoms with Gasteiger partial charge in [-0.05, 0) is 44.5 Å². The van der Waals surface area contributed by atoms with Crippen LogP contribution in [0.1, 0.15) is 32.8 Å². The molecule has 0 unspecified atom stereocenters. The van der Waals surface area contributed by atoms with E-state index >= 15 is 0 Å². The number of hydrogen-bond donors (Lipinski definition) is 3. The predicted octanol–water partition coefficient (Wildman–Crippen LogP) is 3.24. The Balaban J connectivity index is 1.80. The van der Waals surface area contributed by atoms with E-state index in [1.54, 1.807) is 57.2 Å². The normalized spacial score (nSPS) is 10.7. The molecule has 0 fully saturated rings. The largest absolute Gasteiger partial charge is 0.493 e. The zero-order valence-corrected chi connectivity index (χ0v) is 19.4. The van der Waals surface area contributed by atoms with Crippen LogP contribution in [-0.4, -0.2) is 43.8 Å². The average molecular weight is 458 g/mol. The molecule has 9 heteroatoms. The Morgan fingerprint density at radius 2 is 1.55 bits per heavy atom. The van der Waals surface area contributed by atoms with Gasteiger partial charge in [-0.2, -0.15) is 0 Å². The van der Waals surface area contributed by atoms with Crippen LogP contribution in [0.25, 0.3) is 0 Å². The Hall–Kier alpha value is -3.75. The van der Waals surface area contributed by atoms with Crippen LogP contribution >= 0.6 is 0 Å². The monoisotopic (exact) mass is 457 g/mol. The van der Waals surface area contributed by atoms with E-state index in [9.17, 15) is 14.4 Å². The van der Waals surface area contributed by atoms with E-state index in [2.05, 4.69) is 16.0 Å². The minimum Gasteiger partial charge on any atom is -0.493 e. The molecule has 0 bridgehead atoms. The van der Waals surface area contributed by atoms with Crippen molar-refractivity contribution in [3.8, 4) is 11.5 Å². The summed E-state index contributed by atoms with van der Waals surface area (Å²) in [5.74, 6) is 0.426. The topological polar surface area (TPSA) is 115 Å². The van der Waals surface area contributed by atoms with Crippen LogP contribution in [0.15, 0.2) is 48.5 Å². The number of amides is 3. The summed E-state index contributed by atoms with van der Waals surface area (Å²) in [7, 11) is 1.53. The number of para-hydroxylation sites is 3. The molecule has 0 aromatic heterocycles. The number of methoxy groups -OCH3 is 1. The molecule has 2 rings (SSSR count). The first-order valence-corrected chi connectivity index (χ1v) is 10.5. The number of carbonyl (C=O) groups is 3. The number of hydrogen-bond acceptors (Lipinski definition) is 6. The van der Waals surface area contributed by atoms with E-state index in [4.69, 9.17) is 14.2 Å². The average Bonchev–Trinajstić information content (AvgIpc) is 2.76. The lowest BCUT2D eigenvalue weighted by molar-refractivity contribution is -0.123. The van der Waals surface area contributed by atoms with Gasteiger partial charge in [0.25, 0.3) is 5.91 Å². The Bertz CT molecular complexity index is 955. The third-order valence-electron chi connectivity index (χ3n) is 4.22. The lowest BCUT2D eigenvalue weighted by Crippen LogP contribution is -2.34. The summed E-state index contributed by atoms with van der Waals surface area (Å²) in [5.41, 5.74) is 0.704. The van der Waals surface area contributed by atoms with E-state index < -0.39 is 11.7 Å². The van der Waals surface area contributed by atoms with Gasteiger partial charge in [0.15, 0.2) is 18.1 Å². The molecule has 0 aliphatic rings. The number of ether oxygens (including phenoxy) is 3.